The molecule has 0 aromatic carbocycles. The maximum absolute atomic E-state index is 12.5. The van der Waals surface area contributed by atoms with E-state index < -0.39 is 11.5 Å². The number of rotatable bonds is 7. The molecule has 0 aliphatic heterocycles. The summed E-state index contributed by atoms with van der Waals surface area (Å²) < 4.78 is 6.46. The molecule has 0 aliphatic rings. The average Bonchev–Trinajstić information content (AvgIpc) is 2.90. The Morgan fingerprint density at radius 1 is 1.38 bits per heavy atom. The number of hydrogen-bond donors (Lipinski definition) is 1. The van der Waals surface area contributed by atoms with Crippen molar-refractivity contribution in [1.29, 1.82) is 0 Å². The van der Waals surface area contributed by atoms with Gasteiger partial charge in [0, 0.05) is 6.54 Å². The van der Waals surface area contributed by atoms with Crippen LogP contribution in [-0.4, -0.2) is 34.3 Å². The molecule has 1 heterocycles. The molecule has 118 valence electrons. The van der Waals surface area contributed by atoms with Gasteiger partial charge in [0.1, 0.15) is 11.2 Å². The molecule has 1 unspecified atom stereocenters. The first-order valence-electron chi connectivity index (χ1n) is 7.39. The van der Waals surface area contributed by atoms with Crippen molar-refractivity contribution in [3.05, 3.63) is 17.5 Å². The summed E-state index contributed by atoms with van der Waals surface area (Å²) in [6.07, 6.45) is 2.04. The second-order valence-electron chi connectivity index (χ2n) is 5.22. The van der Waals surface area contributed by atoms with Crippen molar-refractivity contribution in [2.45, 2.75) is 59.0 Å². The first kappa shape index (κ1) is 17.2. The van der Waals surface area contributed by atoms with Crippen LogP contribution >= 0.6 is 0 Å². The standard InChI is InChI=1S/C15H25N3O3/c1-6-9-15(4,14(20)21-5)16-13(19)12-10-11(7-2)17-18(12)8-3/h10H,6-9H2,1-5H3,(H,16,19). The maximum Gasteiger partial charge on any atom is 0.331 e. The van der Waals surface area contributed by atoms with Crippen LogP contribution in [0.25, 0.3) is 0 Å². The van der Waals surface area contributed by atoms with E-state index in [4.69, 9.17) is 4.74 Å². The van der Waals surface area contributed by atoms with Gasteiger partial charge in [-0.2, -0.15) is 5.10 Å². The Morgan fingerprint density at radius 2 is 2.05 bits per heavy atom. The van der Waals surface area contributed by atoms with Crippen LogP contribution in [0, 0.1) is 0 Å². The third-order valence-corrected chi connectivity index (χ3v) is 3.50. The summed E-state index contributed by atoms with van der Waals surface area (Å²) in [7, 11) is 1.33. The lowest BCUT2D eigenvalue weighted by Gasteiger charge is -2.27. The summed E-state index contributed by atoms with van der Waals surface area (Å²) in [6.45, 7) is 8.16. The van der Waals surface area contributed by atoms with Gasteiger partial charge in [0.25, 0.3) is 5.91 Å². The highest BCUT2D eigenvalue weighted by Gasteiger charge is 2.36. The quantitative estimate of drug-likeness (QED) is 0.780. The monoisotopic (exact) mass is 295 g/mol. The number of amides is 1. The number of aromatic nitrogens is 2. The first-order valence-corrected chi connectivity index (χ1v) is 7.39. The lowest BCUT2D eigenvalue weighted by molar-refractivity contribution is -0.147. The minimum absolute atomic E-state index is 0.301. The molecule has 1 atom stereocenters. The molecule has 6 heteroatoms. The third kappa shape index (κ3) is 3.83. The van der Waals surface area contributed by atoms with Gasteiger partial charge < -0.3 is 10.1 Å². The zero-order chi connectivity index (χ0) is 16.0. The van der Waals surface area contributed by atoms with Crippen LogP contribution in [0.1, 0.15) is 56.7 Å². The Labute approximate surface area is 125 Å². The highest BCUT2D eigenvalue weighted by molar-refractivity contribution is 5.96. The predicted molar refractivity (Wildman–Crippen MR) is 80.1 cm³/mol. The van der Waals surface area contributed by atoms with E-state index in [9.17, 15) is 9.59 Å². The van der Waals surface area contributed by atoms with Gasteiger partial charge in [-0.05, 0) is 32.8 Å². The molecule has 0 saturated carbocycles. The van der Waals surface area contributed by atoms with Crippen molar-refractivity contribution in [1.82, 2.24) is 15.1 Å². The van der Waals surface area contributed by atoms with Crippen LogP contribution in [-0.2, 0) is 22.5 Å². The molecular weight excluding hydrogens is 270 g/mol. The molecule has 1 aromatic rings. The lowest BCUT2D eigenvalue weighted by Crippen LogP contribution is -2.53. The van der Waals surface area contributed by atoms with Crippen LogP contribution in [0.5, 0.6) is 0 Å². The SMILES string of the molecule is CCCC(C)(NC(=O)c1cc(CC)nn1CC)C(=O)OC. The highest BCUT2D eigenvalue weighted by atomic mass is 16.5. The van der Waals surface area contributed by atoms with Crippen LogP contribution in [0.15, 0.2) is 6.07 Å². The Balaban J connectivity index is 3.02. The summed E-state index contributed by atoms with van der Waals surface area (Å²) >= 11 is 0. The number of hydrogen-bond acceptors (Lipinski definition) is 4. The fourth-order valence-electron chi connectivity index (χ4n) is 2.32. The van der Waals surface area contributed by atoms with Crippen LogP contribution in [0.3, 0.4) is 0 Å². The molecule has 1 aromatic heterocycles. The molecule has 0 spiro atoms. The number of ether oxygens (including phenoxy) is 1. The summed E-state index contributed by atoms with van der Waals surface area (Å²) in [6, 6.07) is 1.77. The second kappa shape index (κ2) is 7.24. The van der Waals surface area contributed by atoms with Gasteiger partial charge >= 0.3 is 5.97 Å². The smallest absolute Gasteiger partial charge is 0.331 e. The van der Waals surface area contributed by atoms with Crippen molar-refractivity contribution >= 4 is 11.9 Å². The summed E-state index contributed by atoms with van der Waals surface area (Å²) in [4.78, 5) is 24.4. The number of nitrogens with zero attached hydrogens (tertiary/aromatic N) is 2. The molecule has 0 saturated heterocycles. The second-order valence-corrected chi connectivity index (χ2v) is 5.22. The van der Waals surface area contributed by atoms with Gasteiger partial charge in [0.15, 0.2) is 0 Å². The molecule has 1 N–H and O–H groups in total. The van der Waals surface area contributed by atoms with Crippen molar-refractivity contribution < 1.29 is 14.3 Å². The minimum atomic E-state index is -1.02. The van der Waals surface area contributed by atoms with Crippen LogP contribution < -0.4 is 5.32 Å². The third-order valence-electron chi connectivity index (χ3n) is 3.50. The number of carbonyl (C=O) groups is 2. The van der Waals surface area contributed by atoms with Crippen molar-refractivity contribution in [2.75, 3.05) is 7.11 Å². The number of esters is 1. The van der Waals surface area contributed by atoms with Crippen LogP contribution in [0.2, 0.25) is 0 Å². The first-order chi connectivity index (χ1) is 9.91. The fraction of sp³-hybridized carbons (Fsp3) is 0.667. The summed E-state index contributed by atoms with van der Waals surface area (Å²) in [5.41, 5.74) is 0.313. The van der Waals surface area contributed by atoms with Gasteiger partial charge in [-0.1, -0.05) is 20.3 Å². The van der Waals surface area contributed by atoms with Crippen molar-refractivity contribution in [3.63, 3.8) is 0 Å². The largest absolute Gasteiger partial charge is 0.467 e. The number of nitrogens with one attached hydrogen (secondary N) is 1. The van der Waals surface area contributed by atoms with E-state index in [2.05, 4.69) is 10.4 Å². The Kier molecular flexibility index (Phi) is 5.93. The van der Waals surface area contributed by atoms with E-state index in [0.29, 0.717) is 18.7 Å². The fourth-order valence-corrected chi connectivity index (χ4v) is 2.32. The zero-order valence-electron chi connectivity index (χ0n) is 13.5. The number of methoxy groups -OCH3 is 1. The predicted octanol–water partition coefficient (Wildman–Crippen LogP) is 1.93. The van der Waals surface area contributed by atoms with Gasteiger partial charge in [-0.3, -0.25) is 9.48 Å². The zero-order valence-corrected chi connectivity index (χ0v) is 13.5. The summed E-state index contributed by atoms with van der Waals surface area (Å²) in [5, 5.41) is 7.15. The molecule has 0 aliphatic carbocycles. The number of carbonyl (C=O) groups excluding carboxylic acids is 2. The van der Waals surface area contributed by atoms with E-state index >= 15 is 0 Å². The van der Waals surface area contributed by atoms with Gasteiger partial charge in [0.05, 0.1) is 12.8 Å². The van der Waals surface area contributed by atoms with E-state index in [1.807, 2.05) is 20.8 Å². The lowest BCUT2D eigenvalue weighted by atomic mass is 9.96. The van der Waals surface area contributed by atoms with E-state index in [0.717, 1.165) is 18.5 Å². The van der Waals surface area contributed by atoms with Gasteiger partial charge in [0.2, 0.25) is 0 Å². The van der Waals surface area contributed by atoms with E-state index in [1.54, 1.807) is 17.7 Å². The normalized spacial score (nSPS) is 13.6. The molecular formula is C15H25N3O3. The van der Waals surface area contributed by atoms with E-state index in [-0.39, 0.29) is 5.91 Å². The minimum Gasteiger partial charge on any atom is -0.467 e. The Hall–Kier alpha value is -1.85. The number of aryl methyl sites for hydroxylation is 2. The molecule has 0 bridgehead atoms. The average molecular weight is 295 g/mol. The maximum atomic E-state index is 12.5. The van der Waals surface area contributed by atoms with Crippen molar-refractivity contribution in [2.24, 2.45) is 0 Å². The van der Waals surface area contributed by atoms with E-state index in [1.165, 1.54) is 7.11 Å². The van der Waals surface area contributed by atoms with Gasteiger partial charge in [-0.25, -0.2) is 4.79 Å². The van der Waals surface area contributed by atoms with Crippen LogP contribution in [0.4, 0.5) is 0 Å². The van der Waals surface area contributed by atoms with Crippen molar-refractivity contribution in [3.8, 4) is 0 Å². The highest BCUT2D eigenvalue weighted by Crippen LogP contribution is 2.16. The molecule has 6 nitrogen and oxygen atoms in total. The molecule has 0 radical (unpaired) electrons. The molecule has 1 rings (SSSR count). The topological polar surface area (TPSA) is 73.2 Å². The Bertz CT molecular complexity index is 510. The molecule has 0 fully saturated rings. The summed E-state index contributed by atoms with van der Waals surface area (Å²) in [5.74, 6) is -0.735. The van der Waals surface area contributed by atoms with Gasteiger partial charge in [-0.15, -0.1) is 0 Å². The Morgan fingerprint density at radius 3 is 2.52 bits per heavy atom. The molecule has 21 heavy (non-hydrogen) atoms. The molecule has 1 amide bonds.